The SMILES string of the molecule is Cc1nnc(CN=C(NC2CCCC2)N2CCC(C3CCOC3)C2)n1C.I. The summed E-state index contributed by atoms with van der Waals surface area (Å²) in [7, 11) is 2.01. The van der Waals surface area contributed by atoms with Gasteiger partial charge in [0, 0.05) is 39.4 Å². The third kappa shape index (κ3) is 4.93. The van der Waals surface area contributed by atoms with E-state index in [1.165, 1.54) is 38.5 Å². The van der Waals surface area contributed by atoms with Crippen molar-refractivity contribution < 1.29 is 4.74 Å². The van der Waals surface area contributed by atoms with Gasteiger partial charge in [-0.3, -0.25) is 0 Å². The maximum absolute atomic E-state index is 5.61. The molecule has 2 unspecified atom stereocenters. The molecule has 7 nitrogen and oxygen atoms in total. The van der Waals surface area contributed by atoms with Crippen molar-refractivity contribution in [2.75, 3.05) is 26.3 Å². The second-order valence-electron chi connectivity index (χ2n) is 8.11. The molecule has 0 spiro atoms. The third-order valence-corrected chi connectivity index (χ3v) is 6.40. The average Bonchev–Trinajstić information content (AvgIpc) is 3.43. The minimum Gasteiger partial charge on any atom is -0.381 e. The van der Waals surface area contributed by atoms with Gasteiger partial charge in [-0.2, -0.15) is 0 Å². The van der Waals surface area contributed by atoms with E-state index in [0.29, 0.717) is 12.6 Å². The predicted molar refractivity (Wildman–Crippen MR) is 116 cm³/mol. The molecule has 1 aromatic rings. The molecule has 1 saturated carbocycles. The van der Waals surface area contributed by atoms with Crippen LogP contribution < -0.4 is 5.32 Å². The smallest absolute Gasteiger partial charge is 0.194 e. The van der Waals surface area contributed by atoms with Crippen molar-refractivity contribution in [2.24, 2.45) is 23.9 Å². The lowest BCUT2D eigenvalue weighted by molar-refractivity contribution is 0.173. The molecular weight excluding hydrogens is 455 g/mol. The van der Waals surface area contributed by atoms with Crippen molar-refractivity contribution in [3.05, 3.63) is 11.6 Å². The van der Waals surface area contributed by atoms with E-state index in [9.17, 15) is 0 Å². The predicted octanol–water partition coefficient (Wildman–Crippen LogP) is 2.49. The van der Waals surface area contributed by atoms with E-state index in [-0.39, 0.29) is 24.0 Å². The number of nitrogens with zero attached hydrogens (tertiary/aromatic N) is 5. The summed E-state index contributed by atoms with van der Waals surface area (Å²) >= 11 is 0. The lowest BCUT2D eigenvalue weighted by Crippen LogP contribution is -2.44. The van der Waals surface area contributed by atoms with Crippen LogP contribution in [0.15, 0.2) is 4.99 Å². The molecule has 1 N–H and O–H groups in total. The molecule has 2 atom stereocenters. The summed E-state index contributed by atoms with van der Waals surface area (Å²) < 4.78 is 7.64. The van der Waals surface area contributed by atoms with Gasteiger partial charge in [0.2, 0.25) is 0 Å². The molecule has 1 aromatic heterocycles. The van der Waals surface area contributed by atoms with Crippen LogP contribution in [0.25, 0.3) is 0 Å². The van der Waals surface area contributed by atoms with E-state index < -0.39 is 0 Å². The van der Waals surface area contributed by atoms with Gasteiger partial charge in [0.1, 0.15) is 12.4 Å². The highest BCUT2D eigenvalue weighted by atomic mass is 127. The van der Waals surface area contributed by atoms with E-state index in [1.54, 1.807) is 0 Å². The Morgan fingerprint density at radius 1 is 1.19 bits per heavy atom. The molecule has 0 bridgehead atoms. The van der Waals surface area contributed by atoms with Crippen LogP contribution in [0.1, 0.15) is 50.2 Å². The standard InChI is InChI=1S/C19H32N6O.HI/c1-14-22-23-18(24(14)2)11-20-19(21-17-5-3-4-6-17)25-9-7-15(12-25)16-8-10-26-13-16;/h15-17H,3-13H2,1-2H3,(H,20,21);1H. The highest BCUT2D eigenvalue weighted by molar-refractivity contribution is 14.0. The Labute approximate surface area is 179 Å². The van der Waals surface area contributed by atoms with Gasteiger partial charge in [-0.1, -0.05) is 12.8 Å². The van der Waals surface area contributed by atoms with Crippen LogP contribution >= 0.6 is 24.0 Å². The van der Waals surface area contributed by atoms with Crippen LogP contribution in [-0.4, -0.2) is 58.0 Å². The lowest BCUT2D eigenvalue weighted by Gasteiger charge is -2.26. The summed E-state index contributed by atoms with van der Waals surface area (Å²) in [5.74, 6) is 4.40. The number of aliphatic imine (C=N–C) groups is 1. The number of likely N-dealkylation sites (tertiary alicyclic amines) is 1. The zero-order valence-corrected chi connectivity index (χ0v) is 18.9. The Morgan fingerprint density at radius 2 is 2.00 bits per heavy atom. The fourth-order valence-electron chi connectivity index (χ4n) is 4.51. The quantitative estimate of drug-likeness (QED) is 0.401. The van der Waals surface area contributed by atoms with Gasteiger partial charge in [0.25, 0.3) is 0 Å². The molecular formula is C19H33IN6O. The highest BCUT2D eigenvalue weighted by Crippen LogP contribution is 2.30. The Bertz CT molecular complexity index is 636. The fraction of sp³-hybridized carbons (Fsp3) is 0.842. The molecule has 2 saturated heterocycles. The zero-order valence-electron chi connectivity index (χ0n) is 16.6. The molecule has 2 aliphatic heterocycles. The van der Waals surface area contributed by atoms with E-state index in [4.69, 9.17) is 9.73 Å². The van der Waals surface area contributed by atoms with Gasteiger partial charge >= 0.3 is 0 Å². The molecule has 27 heavy (non-hydrogen) atoms. The van der Waals surface area contributed by atoms with Gasteiger partial charge < -0.3 is 19.5 Å². The Hall–Kier alpha value is -0.900. The van der Waals surface area contributed by atoms with E-state index in [0.717, 1.165) is 55.7 Å². The van der Waals surface area contributed by atoms with Crippen LogP contribution in [-0.2, 0) is 18.3 Å². The molecule has 152 valence electrons. The molecule has 3 heterocycles. The largest absolute Gasteiger partial charge is 0.381 e. The summed E-state index contributed by atoms with van der Waals surface area (Å²) in [6.07, 6.45) is 7.65. The van der Waals surface area contributed by atoms with Crippen LogP contribution in [0.3, 0.4) is 0 Å². The van der Waals surface area contributed by atoms with Crippen molar-refractivity contribution in [3.8, 4) is 0 Å². The van der Waals surface area contributed by atoms with E-state index in [1.807, 2.05) is 18.5 Å². The number of aryl methyl sites for hydroxylation is 1. The number of nitrogens with one attached hydrogen (secondary N) is 1. The first kappa shape index (κ1) is 20.8. The van der Waals surface area contributed by atoms with Gasteiger partial charge in [-0.05, 0) is 44.4 Å². The first-order valence-electron chi connectivity index (χ1n) is 10.2. The molecule has 3 aliphatic rings. The summed E-state index contributed by atoms with van der Waals surface area (Å²) in [4.78, 5) is 7.41. The topological polar surface area (TPSA) is 67.6 Å². The van der Waals surface area contributed by atoms with E-state index in [2.05, 4.69) is 20.4 Å². The van der Waals surface area contributed by atoms with Crippen LogP contribution in [0.4, 0.5) is 0 Å². The maximum Gasteiger partial charge on any atom is 0.194 e. The Morgan fingerprint density at radius 3 is 2.67 bits per heavy atom. The lowest BCUT2D eigenvalue weighted by atomic mass is 9.91. The van der Waals surface area contributed by atoms with Gasteiger partial charge in [-0.15, -0.1) is 34.2 Å². The van der Waals surface area contributed by atoms with Crippen LogP contribution in [0.5, 0.6) is 0 Å². The maximum atomic E-state index is 5.61. The number of hydrogen-bond donors (Lipinski definition) is 1. The molecule has 3 fully saturated rings. The molecule has 4 rings (SSSR count). The van der Waals surface area contributed by atoms with Crippen LogP contribution in [0, 0.1) is 18.8 Å². The molecule has 0 amide bonds. The summed E-state index contributed by atoms with van der Waals surface area (Å²) in [6, 6.07) is 0.573. The van der Waals surface area contributed by atoms with Crippen molar-refractivity contribution in [1.82, 2.24) is 25.0 Å². The van der Waals surface area contributed by atoms with E-state index >= 15 is 0 Å². The van der Waals surface area contributed by atoms with Gasteiger partial charge in [-0.25, -0.2) is 4.99 Å². The minimum atomic E-state index is 0. The third-order valence-electron chi connectivity index (χ3n) is 6.40. The molecule has 0 aromatic carbocycles. The molecule has 1 aliphatic carbocycles. The Kier molecular flexibility index (Phi) is 7.35. The number of rotatable bonds is 4. The number of halogens is 1. The second kappa shape index (κ2) is 9.54. The van der Waals surface area contributed by atoms with Crippen molar-refractivity contribution in [2.45, 2.75) is 58.0 Å². The Balaban J connectivity index is 0.00000210. The first-order chi connectivity index (χ1) is 12.7. The number of guanidine groups is 1. The van der Waals surface area contributed by atoms with Crippen molar-refractivity contribution >= 4 is 29.9 Å². The van der Waals surface area contributed by atoms with Crippen molar-refractivity contribution in [3.63, 3.8) is 0 Å². The summed E-state index contributed by atoms with van der Waals surface area (Å²) in [5.41, 5.74) is 0. The number of aromatic nitrogens is 3. The normalized spacial score (nSPS) is 26.6. The number of ether oxygens (including phenoxy) is 1. The summed E-state index contributed by atoms with van der Waals surface area (Å²) in [6.45, 7) is 6.64. The average molecular weight is 488 g/mol. The number of hydrogen-bond acceptors (Lipinski definition) is 4. The van der Waals surface area contributed by atoms with Gasteiger partial charge in [0.15, 0.2) is 11.8 Å². The monoisotopic (exact) mass is 488 g/mol. The fourth-order valence-corrected chi connectivity index (χ4v) is 4.51. The first-order valence-corrected chi connectivity index (χ1v) is 10.2. The summed E-state index contributed by atoms with van der Waals surface area (Å²) in [5, 5.41) is 12.2. The highest BCUT2D eigenvalue weighted by Gasteiger charge is 2.33. The zero-order chi connectivity index (χ0) is 17.9. The van der Waals surface area contributed by atoms with Crippen molar-refractivity contribution in [1.29, 1.82) is 0 Å². The van der Waals surface area contributed by atoms with Crippen LogP contribution in [0.2, 0.25) is 0 Å². The second-order valence-corrected chi connectivity index (χ2v) is 8.11. The molecule has 0 radical (unpaired) electrons. The molecule has 8 heteroatoms. The minimum absolute atomic E-state index is 0. The van der Waals surface area contributed by atoms with Gasteiger partial charge in [0.05, 0.1) is 0 Å².